The molecular formula is C16H5I4NO2. The minimum Gasteiger partial charge on any atom is -0.421 e. The lowest BCUT2D eigenvalue weighted by atomic mass is 10.0. The number of carbonyl (C=O) groups is 1. The second-order valence-electron chi connectivity index (χ2n) is 4.58. The van der Waals surface area contributed by atoms with Gasteiger partial charge in [0.05, 0.1) is 5.56 Å². The molecule has 2 aromatic carbocycles. The van der Waals surface area contributed by atoms with Crippen LogP contribution in [0.3, 0.4) is 0 Å². The largest absolute Gasteiger partial charge is 0.421 e. The minimum absolute atomic E-state index is 0.357. The van der Waals surface area contributed by atoms with E-state index in [2.05, 4.69) is 96.4 Å². The predicted octanol–water partition coefficient (Wildman–Crippen LogP) is 5.67. The molecule has 1 aliphatic heterocycles. The van der Waals surface area contributed by atoms with Crippen LogP contribution in [-0.4, -0.2) is 5.97 Å². The molecular weight excluding hydrogens is 746 g/mol. The fourth-order valence-electron chi connectivity index (χ4n) is 2.26. The molecule has 1 heterocycles. The molecule has 0 radical (unpaired) electrons. The summed E-state index contributed by atoms with van der Waals surface area (Å²) in [6.45, 7) is 0. The number of nitriles is 1. The molecule has 0 bridgehead atoms. The number of hydrogen-bond donors (Lipinski definition) is 0. The molecule has 0 fully saturated rings. The van der Waals surface area contributed by atoms with E-state index in [9.17, 15) is 10.1 Å². The molecule has 0 aliphatic carbocycles. The number of fused-ring (bicyclic) bond motifs is 1. The molecule has 0 amide bonds. The van der Waals surface area contributed by atoms with Crippen molar-refractivity contribution in [1.29, 1.82) is 5.26 Å². The van der Waals surface area contributed by atoms with Crippen molar-refractivity contribution in [2.45, 2.75) is 0 Å². The first-order valence-electron chi connectivity index (χ1n) is 6.25. The molecule has 0 spiro atoms. The number of halogens is 4. The number of hydrogen-bond acceptors (Lipinski definition) is 3. The van der Waals surface area contributed by atoms with Gasteiger partial charge in [0.15, 0.2) is 5.76 Å². The molecule has 23 heavy (non-hydrogen) atoms. The topological polar surface area (TPSA) is 50.1 Å². The summed E-state index contributed by atoms with van der Waals surface area (Å²) < 4.78 is 9.41. The number of allylic oxidation sites excluding steroid dienone is 1. The summed E-state index contributed by atoms with van der Waals surface area (Å²) in [4.78, 5) is 12.4. The van der Waals surface area contributed by atoms with Gasteiger partial charge in [-0.3, -0.25) is 0 Å². The smallest absolute Gasteiger partial charge is 0.345 e. The molecule has 3 nitrogen and oxygen atoms in total. The van der Waals surface area contributed by atoms with Crippen molar-refractivity contribution in [3.05, 3.63) is 61.3 Å². The van der Waals surface area contributed by atoms with Gasteiger partial charge in [-0.2, -0.15) is 5.26 Å². The molecule has 0 unspecified atom stereocenters. The van der Waals surface area contributed by atoms with Crippen LogP contribution in [0.25, 0.3) is 11.3 Å². The van der Waals surface area contributed by atoms with Crippen molar-refractivity contribution < 1.29 is 9.53 Å². The Kier molecular flexibility index (Phi) is 5.53. The van der Waals surface area contributed by atoms with E-state index in [1.165, 1.54) is 0 Å². The van der Waals surface area contributed by atoms with Crippen LogP contribution in [0.4, 0.5) is 0 Å². The Balaban J connectivity index is 2.39. The maximum Gasteiger partial charge on any atom is 0.345 e. The van der Waals surface area contributed by atoms with E-state index in [0.717, 1.165) is 25.4 Å². The zero-order valence-electron chi connectivity index (χ0n) is 11.2. The fourth-order valence-corrected chi connectivity index (χ4v) is 5.91. The first kappa shape index (κ1) is 17.9. The van der Waals surface area contributed by atoms with E-state index in [-0.39, 0.29) is 0 Å². The van der Waals surface area contributed by atoms with Crippen LogP contribution < -0.4 is 0 Å². The maximum absolute atomic E-state index is 12.4. The molecule has 0 saturated carbocycles. The van der Waals surface area contributed by atoms with Gasteiger partial charge in [0.1, 0.15) is 11.6 Å². The highest BCUT2D eigenvalue weighted by Gasteiger charge is 2.36. The number of carbonyl (C=O) groups excluding carboxylic acids is 1. The molecule has 3 rings (SSSR count). The molecule has 0 saturated heterocycles. The number of esters is 1. The second-order valence-corrected chi connectivity index (χ2v) is 8.89. The zero-order valence-corrected chi connectivity index (χ0v) is 19.8. The first-order valence-corrected chi connectivity index (χ1v) is 10.6. The predicted molar refractivity (Wildman–Crippen MR) is 122 cm³/mol. The Bertz CT molecular complexity index is 914. The molecule has 7 heteroatoms. The van der Waals surface area contributed by atoms with Crippen molar-refractivity contribution in [3.63, 3.8) is 0 Å². The van der Waals surface area contributed by atoms with Crippen molar-refractivity contribution in [2.24, 2.45) is 0 Å². The molecule has 0 N–H and O–H groups in total. The summed E-state index contributed by atoms with van der Waals surface area (Å²) in [5.74, 6) is -0.0364. The zero-order chi connectivity index (χ0) is 16.7. The van der Waals surface area contributed by atoms with Gasteiger partial charge in [0, 0.05) is 19.8 Å². The standard InChI is InChI=1S/C16H5I4NO2/c17-11-9-10(12(18)14(20)13(11)19)16(22)23-15(9)8(6-21)7-4-2-1-3-5-7/h1-5H. The van der Waals surface area contributed by atoms with Crippen molar-refractivity contribution in [3.8, 4) is 6.07 Å². The summed E-state index contributed by atoms with van der Waals surface area (Å²) >= 11 is 8.88. The van der Waals surface area contributed by atoms with E-state index < -0.39 is 5.97 Å². The third kappa shape index (κ3) is 3.04. The average Bonchev–Trinajstić information content (AvgIpc) is 2.90. The number of nitrogens with zero attached hydrogens (tertiary/aromatic N) is 1. The summed E-state index contributed by atoms with van der Waals surface area (Å²) in [6.07, 6.45) is 0. The van der Waals surface area contributed by atoms with Crippen LogP contribution in [0.15, 0.2) is 30.3 Å². The van der Waals surface area contributed by atoms with Gasteiger partial charge < -0.3 is 4.74 Å². The minimum atomic E-state index is -0.393. The van der Waals surface area contributed by atoms with Crippen LogP contribution in [0.5, 0.6) is 0 Å². The lowest BCUT2D eigenvalue weighted by Gasteiger charge is -2.10. The molecule has 114 valence electrons. The Labute approximate surface area is 187 Å². The van der Waals surface area contributed by atoms with Crippen molar-refractivity contribution >= 4 is 108 Å². The van der Waals surface area contributed by atoms with E-state index in [1.807, 2.05) is 30.3 Å². The number of benzene rings is 2. The third-order valence-electron chi connectivity index (χ3n) is 3.29. The van der Waals surface area contributed by atoms with Crippen LogP contribution in [0, 0.1) is 25.6 Å². The van der Waals surface area contributed by atoms with Gasteiger partial charge in [-0.25, -0.2) is 4.79 Å². The number of rotatable bonds is 1. The van der Waals surface area contributed by atoms with Crippen LogP contribution in [0.1, 0.15) is 21.5 Å². The molecule has 0 aromatic heterocycles. The monoisotopic (exact) mass is 751 g/mol. The third-order valence-corrected chi connectivity index (χ3v) is 10.7. The van der Waals surface area contributed by atoms with Gasteiger partial charge in [-0.15, -0.1) is 0 Å². The van der Waals surface area contributed by atoms with Crippen LogP contribution >= 0.6 is 90.4 Å². The Morgan fingerprint density at radius 1 is 0.913 bits per heavy atom. The van der Waals surface area contributed by atoms with Gasteiger partial charge in [-0.05, 0) is 95.9 Å². The van der Waals surface area contributed by atoms with Crippen LogP contribution in [-0.2, 0) is 4.74 Å². The van der Waals surface area contributed by atoms with E-state index in [4.69, 9.17) is 4.74 Å². The van der Waals surface area contributed by atoms with Crippen LogP contribution in [0.2, 0.25) is 0 Å². The summed E-state index contributed by atoms with van der Waals surface area (Å²) in [5.41, 5.74) is 2.40. The number of ether oxygens (including phenoxy) is 1. The van der Waals surface area contributed by atoms with E-state index >= 15 is 0 Å². The summed E-state index contributed by atoms with van der Waals surface area (Å²) in [6, 6.07) is 11.5. The van der Waals surface area contributed by atoms with Gasteiger partial charge >= 0.3 is 5.97 Å². The molecule has 1 aliphatic rings. The summed E-state index contributed by atoms with van der Waals surface area (Å²) in [5, 5.41) is 9.63. The Hall–Kier alpha value is 0.0600. The highest BCUT2D eigenvalue weighted by Crippen LogP contribution is 2.43. The average molecular weight is 751 g/mol. The van der Waals surface area contributed by atoms with Crippen molar-refractivity contribution in [1.82, 2.24) is 0 Å². The summed E-state index contributed by atoms with van der Waals surface area (Å²) in [7, 11) is 0. The number of cyclic esters (lactones) is 1. The van der Waals surface area contributed by atoms with Gasteiger partial charge in [-0.1, -0.05) is 30.3 Å². The molecule has 0 atom stereocenters. The first-order chi connectivity index (χ1) is 11.0. The van der Waals surface area contributed by atoms with Crippen molar-refractivity contribution in [2.75, 3.05) is 0 Å². The lowest BCUT2D eigenvalue weighted by Crippen LogP contribution is -2.03. The second kappa shape index (κ2) is 7.12. The van der Waals surface area contributed by atoms with Gasteiger partial charge in [0.2, 0.25) is 0 Å². The molecule has 2 aromatic rings. The quantitative estimate of drug-likeness (QED) is 0.124. The Morgan fingerprint density at radius 3 is 2.04 bits per heavy atom. The lowest BCUT2D eigenvalue weighted by molar-refractivity contribution is 0.0715. The SMILES string of the molecule is N#CC(=C1OC(=O)c2c(I)c(I)c(I)c(I)c21)c1ccccc1. The van der Waals surface area contributed by atoms with Gasteiger partial charge in [0.25, 0.3) is 0 Å². The van der Waals surface area contributed by atoms with E-state index in [1.54, 1.807) is 0 Å². The highest BCUT2D eigenvalue weighted by molar-refractivity contribution is 14.1. The fraction of sp³-hybridized carbons (Fsp3) is 0. The maximum atomic E-state index is 12.4. The normalized spacial score (nSPS) is 15.0. The Morgan fingerprint density at radius 2 is 1.48 bits per heavy atom. The van der Waals surface area contributed by atoms with E-state index in [0.29, 0.717) is 16.9 Å². The highest BCUT2D eigenvalue weighted by atomic mass is 127.